The van der Waals surface area contributed by atoms with Gasteiger partial charge in [-0.05, 0) is 27.2 Å². The zero-order chi connectivity index (χ0) is 13.6. The number of aromatic nitrogens is 2. The number of hydrogen-bond donors (Lipinski definition) is 2. The number of carbonyl (C=O) groups is 1. The maximum absolute atomic E-state index is 11.9. The fraction of sp³-hybridized carbons (Fsp3) is 0.750. The quantitative estimate of drug-likeness (QED) is 0.755. The molecule has 0 spiro atoms. The lowest BCUT2D eigenvalue weighted by Gasteiger charge is -2.26. The summed E-state index contributed by atoms with van der Waals surface area (Å²) < 4.78 is 4.87. The first-order chi connectivity index (χ1) is 8.44. The number of rotatable bonds is 7. The Bertz CT molecular complexity index is 362. The second kappa shape index (κ2) is 6.49. The summed E-state index contributed by atoms with van der Waals surface area (Å²) in [6.07, 6.45) is 2.89. The molecule has 6 nitrogen and oxygen atoms in total. The monoisotopic (exact) mass is 254 g/mol. The van der Waals surface area contributed by atoms with Gasteiger partial charge in [0.25, 0.3) is 0 Å². The highest BCUT2D eigenvalue weighted by molar-refractivity contribution is 5.81. The predicted octanol–water partition coefficient (Wildman–Crippen LogP) is 0.895. The minimum Gasteiger partial charge on any atom is -0.350 e. The molecule has 1 unspecified atom stereocenters. The van der Waals surface area contributed by atoms with E-state index >= 15 is 0 Å². The van der Waals surface area contributed by atoms with Crippen molar-refractivity contribution in [2.24, 2.45) is 0 Å². The third kappa shape index (κ3) is 4.83. The van der Waals surface area contributed by atoms with Gasteiger partial charge in [0.2, 0.25) is 11.8 Å². The van der Waals surface area contributed by atoms with Crippen LogP contribution in [0.25, 0.3) is 0 Å². The molecular weight excluding hydrogens is 232 g/mol. The van der Waals surface area contributed by atoms with Gasteiger partial charge in [-0.2, -0.15) is 4.98 Å². The predicted molar refractivity (Wildman–Crippen MR) is 68.0 cm³/mol. The molecule has 6 heteroatoms. The van der Waals surface area contributed by atoms with Crippen LogP contribution in [0.4, 0.5) is 0 Å². The molecule has 102 valence electrons. The van der Waals surface area contributed by atoms with Gasteiger partial charge >= 0.3 is 0 Å². The summed E-state index contributed by atoms with van der Waals surface area (Å²) in [5.74, 6) is 0.580. The van der Waals surface area contributed by atoms with Crippen molar-refractivity contribution in [3.63, 3.8) is 0 Å². The number of nitrogens with one attached hydrogen (secondary N) is 2. The molecule has 2 N–H and O–H groups in total. The molecular formula is C12H22N4O2. The van der Waals surface area contributed by atoms with E-state index in [0.717, 1.165) is 6.42 Å². The Hall–Kier alpha value is -1.43. The fourth-order valence-corrected chi connectivity index (χ4v) is 1.32. The van der Waals surface area contributed by atoms with E-state index < -0.39 is 0 Å². The van der Waals surface area contributed by atoms with E-state index in [-0.39, 0.29) is 17.5 Å². The van der Waals surface area contributed by atoms with E-state index in [1.807, 2.05) is 27.7 Å². The van der Waals surface area contributed by atoms with Crippen molar-refractivity contribution in [1.82, 2.24) is 20.8 Å². The van der Waals surface area contributed by atoms with Gasteiger partial charge < -0.3 is 15.2 Å². The highest BCUT2D eigenvalue weighted by Crippen LogP contribution is 2.06. The first kappa shape index (κ1) is 14.6. The van der Waals surface area contributed by atoms with Crippen LogP contribution in [0.1, 0.15) is 40.0 Å². The highest BCUT2D eigenvalue weighted by Gasteiger charge is 2.21. The average molecular weight is 254 g/mol. The molecule has 0 aromatic carbocycles. The molecule has 1 amide bonds. The Morgan fingerprint density at radius 3 is 2.83 bits per heavy atom. The SMILES string of the molecule is CCC(C)(C)NC(=O)C(C)NCCc1ncno1. The molecule has 1 aromatic heterocycles. The van der Waals surface area contributed by atoms with Gasteiger partial charge in [-0.3, -0.25) is 4.79 Å². The van der Waals surface area contributed by atoms with Crippen molar-refractivity contribution in [2.45, 2.75) is 52.1 Å². The van der Waals surface area contributed by atoms with Gasteiger partial charge in [0.15, 0.2) is 6.33 Å². The molecule has 0 saturated heterocycles. The largest absolute Gasteiger partial charge is 0.350 e. The van der Waals surface area contributed by atoms with Crippen molar-refractivity contribution in [2.75, 3.05) is 6.54 Å². The second-order valence-corrected chi connectivity index (χ2v) is 4.99. The van der Waals surface area contributed by atoms with E-state index in [0.29, 0.717) is 18.9 Å². The summed E-state index contributed by atoms with van der Waals surface area (Å²) in [5, 5.41) is 9.65. The van der Waals surface area contributed by atoms with E-state index in [9.17, 15) is 4.79 Å². The first-order valence-corrected chi connectivity index (χ1v) is 6.25. The number of amides is 1. The molecule has 0 aliphatic heterocycles. The topological polar surface area (TPSA) is 80.0 Å². The summed E-state index contributed by atoms with van der Waals surface area (Å²) >= 11 is 0. The fourth-order valence-electron chi connectivity index (χ4n) is 1.32. The summed E-state index contributed by atoms with van der Waals surface area (Å²) in [5.41, 5.74) is -0.167. The Kier molecular flexibility index (Phi) is 5.27. The summed E-state index contributed by atoms with van der Waals surface area (Å²) in [6.45, 7) is 8.54. The van der Waals surface area contributed by atoms with E-state index in [1.165, 1.54) is 6.33 Å². The zero-order valence-corrected chi connectivity index (χ0v) is 11.5. The van der Waals surface area contributed by atoms with Crippen LogP contribution in [-0.4, -0.2) is 34.2 Å². The maximum atomic E-state index is 11.9. The Morgan fingerprint density at radius 1 is 1.56 bits per heavy atom. The van der Waals surface area contributed by atoms with Crippen molar-refractivity contribution in [3.8, 4) is 0 Å². The summed E-state index contributed by atoms with van der Waals surface area (Å²) in [7, 11) is 0. The van der Waals surface area contributed by atoms with Crippen LogP contribution >= 0.6 is 0 Å². The molecule has 1 aromatic rings. The maximum Gasteiger partial charge on any atom is 0.237 e. The number of nitrogens with zero attached hydrogens (tertiary/aromatic N) is 2. The minimum absolute atomic E-state index is 0.00683. The van der Waals surface area contributed by atoms with Gasteiger partial charge in [-0.1, -0.05) is 12.1 Å². The normalized spacial score (nSPS) is 13.3. The van der Waals surface area contributed by atoms with E-state index in [2.05, 4.69) is 20.8 Å². The van der Waals surface area contributed by atoms with Crippen LogP contribution in [0, 0.1) is 0 Å². The van der Waals surface area contributed by atoms with Crippen molar-refractivity contribution in [3.05, 3.63) is 12.2 Å². The number of carbonyl (C=O) groups excluding carboxylic acids is 1. The van der Waals surface area contributed by atoms with Gasteiger partial charge in [-0.15, -0.1) is 0 Å². The smallest absolute Gasteiger partial charge is 0.237 e. The molecule has 1 heterocycles. The van der Waals surface area contributed by atoms with Crippen LogP contribution in [0.15, 0.2) is 10.9 Å². The standard InChI is InChI=1S/C12H22N4O2/c1-5-12(3,4)16-11(17)9(2)13-7-6-10-14-8-15-18-10/h8-9,13H,5-7H2,1-4H3,(H,16,17). The molecule has 1 rings (SSSR count). The van der Waals surface area contributed by atoms with Crippen LogP contribution in [0.3, 0.4) is 0 Å². The molecule has 0 aliphatic carbocycles. The lowest BCUT2D eigenvalue weighted by Crippen LogP contribution is -2.50. The molecule has 0 radical (unpaired) electrons. The van der Waals surface area contributed by atoms with Gasteiger partial charge in [0.1, 0.15) is 0 Å². The minimum atomic E-state index is -0.237. The van der Waals surface area contributed by atoms with Crippen LogP contribution < -0.4 is 10.6 Å². The lowest BCUT2D eigenvalue weighted by atomic mass is 10.0. The van der Waals surface area contributed by atoms with Crippen molar-refractivity contribution >= 4 is 5.91 Å². The molecule has 0 aliphatic rings. The first-order valence-electron chi connectivity index (χ1n) is 6.25. The summed E-state index contributed by atoms with van der Waals surface area (Å²) in [6, 6.07) is -0.237. The highest BCUT2D eigenvalue weighted by atomic mass is 16.5. The van der Waals surface area contributed by atoms with Crippen LogP contribution in [0.2, 0.25) is 0 Å². The van der Waals surface area contributed by atoms with Gasteiger partial charge in [0, 0.05) is 18.5 Å². The molecule has 18 heavy (non-hydrogen) atoms. The Balaban J connectivity index is 2.27. The zero-order valence-electron chi connectivity index (χ0n) is 11.5. The Labute approximate surface area is 108 Å². The second-order valence-electron chi connectivity index (χ2n) is 4.99. The van der Waals surface area contributed by atoms with Crippen LogP contribution in [0.5, 0.6) is 0 Å². The van der Waals surface area contributed by atoms with Gasteiger partial charge in [-0.25, -0.2) is 0 Å². The lowest BCUT2D eigenvalue weighted by molar-refractivity contribution is -0.124. The van der Waals surface area contributed by atoms with Crippen molar-refractivity contribution < 1.29 is 9.32 Å². The van der Waals surface area contributed by atoms with Gasteiger partial charge in [0.05, 0.1) is 6.04 Å². The molecule has 0 saturated carbocycles. The Morgan fingerprint density at radius 2 is 2.28 bits per heavy atom. The molecule has 0 fully saturated rings. The molecule has 0 bridgehead atoms. The third-order valence-corrected chi connectivity index (χ3v) is 2.94. The van der Waals surface area contributed by atoms with Crippen LogP contribution in [-0.2, 0) is 11.2 Å². The third-order valence-electron chi connectivity index (χ3n) is 2.94. The van der Waals surface area contributed by atoms with Crippen molar-refractivity contribution in [1.29, 1.82) is 0 Å². The van der Waals surface area contributed by atoms with E-state index in [4.69, 9.17) is 4.52 Å². The van der Waals surface area contributed by atoms with E-state index in [1.54, 1.807) is 0 Å². The number of hydrogen-bond acceptors (Lipinski definition) is 5. The molecule has 1 atom stereocenters. The summed E-state index contributed by atoms with van der Waals surface area (Å²) in [4.78, 5) is 15.8. The average Bonchev–Trinajstić information content (AvgIpc) is 2.81.